The Hall–Kier alpha value is -0.770. The highest BCUT2D eigenvalue weighted by Crippen LogP contribution is 2.24. The second kappa shape index (κ2) is 7.54. The lowest BCUT2D eigenvalue weighted by Gasteiger charge is -2.13. The van der Waals surface area contributed by atoms with Crippen molar-refractivity contribution in [1.29, 1.82) is 0 Å². The van der Waals surface area contributed by atoms with E-state index >= 15 is 0 Å². The fourth-order valence-electron chi connectivity index (χ4n) is 1.51. The Morgan fingerprint density at radius 1 is 1.35 bits per heavy atom. The molecule has 1 atom stereocenters. The molecule has 0 radical (unpaired) electrons. The molecule has 0 saturated heterocycles. The van der Waals surface area contributed by atoms with E-state index in [0.717, 1.165) is 25.1 Å². The van der Waals surface area contributed by atoms with Crippen LogP contribution in [0.15, 0.2) is 18.2 Å². The fourth-order valence-corrected chi connectivity index (χ4v) is 1.79. The van der Waals surface area contributed by atoms with E-state index in [2.05, 4.69) is 12.2 Å². The maximum atomic E-state index is 6.06. The van der Waals surface area contributed by atoms with Gasteiger partial charge in [0.25, 0.3) is 0 Å². The molecule has 0 heterocycles. The molecule has 0 aliphatic heterocycles. The zero-order valence-electron chi connectivity index (χ0n) is 10.6. The summed E-state index contributed by atoms with van der Waals surface area (Å²) in [5.41, 5.74) is 1.15. The Bertz CT molecular complexity index is 344. The smallest absolute Gasteiger partial charge is 0.137 e. The van der Waals surface area contributed by atoms with E-state index in [-0.39, 0.29) is 0 Å². The maximum absolute atomic E-state index is 6.06. The minimum absolute atomic E-state index is 0.427. The highest BCUT2D eigenvalue weighted by atomic mass is 35.5. The Morgan fingerprint density at radius 2 is 2.12 bits per heavy atom. The van der Waals surface area contributed by atoms with Gasteiger partial charge in [0.2, 0.25) is 0 Å². The number of ether oxygens (including phenoxy) is 2. The van der Waals surface area contributed by atoms with Crippen LogP contribution in [0, 0.1) is 0 Å². The summed E-state index contributed by atoms with van der Waals surface area (Å²) in [5.74, 6) is 0.711. The van der Waals surface area contributed by atoms with E-state index in [0.29, 0.717) is 16.8 Å². The Kier molecular flexibility index (Phi) is 6.34. The molecule has 0 saturated carbocycles. The number of hydrogen-bond donors (Lipinski definition) is 1. The summed E-state index contributed by atoms with van der Waals surface area (Å²) in [5, 5.41) is 4.07. The van der Waals surface area contributed by atoms with Gasteiger partial charge in [0.05, 0.1) is 12.1 Å². The van der Waals surface area contributed by atoms with Gasteiger partial charge in [0.1, 0.15) is 5.75 Å². The van der Waals surface area contributed by atoms with Gasteiger partial charge >= 0.3 is 0 Å². The molecule has 17 heavy (non-hydrogen) atoms. The first kappa shape index (κ1) is 14.3. The van der Waals surface area contributed by atoms with Crippen molar-refractivity contribution in [3.63, 3.8) is 0 Å². The van der Waals surface area contributed by atoms with E-state index in [4.69, 9.17) is 21.1 Å². The van der Waals surface area contributed by atoms with Gasteiger partial charge in [-0.1, -0.05) is 17.7 Å². The number of rotatable bonds is 7. The molecule has 1 rings (SSSR count). The van der Waals surface area contributed by atoms with Gasteiger partial charge in [0.15, 0.2) is 0 Å². The van der Waals surface area contributed by atoms with E-state index in [1.54, 1.807) is 14.2 Å². The van der Waals surface area contributed by atoms with Crippen molar-refractivity contribution in [2.75, 3.05) is 20.8 Å². The lowest BCUT2D eigenvalue weighted by molar-refractivity contribution is 0.184. The molecule has 0 fully saturated rings. The number of nitrogens with one attached hydrogen (secondary N) is 1. The number of methoxy groups -OCH3 is 2. The van der Waals surface area contributed by atoms with Crippen LogP contribution in [0.2, 0.25) is 5.02 Å². The fraction of sp³-hybridized carbons (Fsp3) is 0.538. The van der Waals surface area contributed by atoms with Gasteiger partial charge in [-0.2, -0.15) is 0 Å². The number of hydrogen-bond acceptors (Lipinski definition) is 3. The van der Waals surface area contributed by atoms with Crippen LogP contribution in [0.4, 0.5) is 0 Å². The Labute approximate surface area is 108 Å². The van der Waals surface area contributed by atoms with Crippen LogP contribution in [-0.2, 0) is 11.3 Å². The predicted octanol–water partition coefficient (Wildman–Crippen LogP) is 2.86. The quantitative estimate of drug-likeness (QED) is 0.815. The third-order valence-corrected chi connectivity index (χ3v) is 2.92. The molecule has 3 nitrogen and oxygen atoms in total. The molecule has 1 N–H and O–H groups in total. The van der Waals surface area contributed by atoms with Crippen molar-refractivity contribution in [2.24, 2.45) is 0 Å². The van der Waals surface area contributed by atoms with Crippen molar-refractivity contribution in [2.45, 2.75) is 25.9 Å². The molecule has 1 aromatic rings. The minimum Gasteiger partial charge on any atom is -0.495 e. The summed E-state index contributed by atoms with van der Waals surface area (Å²) in [6.45, 7) is 3.72. The van der Waals surface area contributed by atoms with Gasteiger partial charge in [-0.15, -0.1) is 0 Å². The monoisotopic (exact) mass is 257 g/mol. The van der Waals surface area contributed by atoms with Crippen LogP contribution in [0.25, 0.3) is 0 Å². The lowest BCUT2D eigenvalue weighted by Crippen LogP contribution is -2.26. The van der Waals surface area contributed by atoms with Crippen molar-refractivity contribution >= 4 is 11.6 Å². The molecule has 4 heteroatoms. The van der Waals surface area contributed by atoms with E-state index in [1.807, 2.05) is 18.2 Å². The minimum atomic E-state index is 0.427. The Morgan fingerprint density at radius 3 is 2.71 bits per heavy atom. The zero-order chi connectivity index (χ0) is 12.7. The summed E-state index contributed by atoms with van der Waals surface area (Å²) < 4.78 is 10.1. The van der Waals surface area contributed by atoms with Crippen LogP contribution >= 0.6 is 11.6 Å². The average Bonchev–Trinajstić information content (AvgIpc) is 2.34. The lowest BCUT2D eigenvalue weighted by atomic mass is 10.2. The Balaban J connectivity index is 2.44. The highest BCUT2D eigenvalue weighted by molar-refractivity contribution is 6.32. The summed E-state index contributed by atoms with van der Waals surface area (Å²) >= 11 is 6.06. The maximum Gasteiger partial charge on any atom is 0.137 e. The van der Waals surface area contributed by atoms with Gasteiger partial charge in [-0.3, -0.25) is 0 Å². The van der Waals surface area contributed by atoms with Gasteiger partial charge in [0, 0.05) is 26.3 Å². The van der Waals surface area contributed by atoms with Crippen molar-refractivity contribution in [1.82, 2.24) is 5.32 Å². The first-order chi connectivity index (χ1) is 8.17. The summed E-state index contributed by atoms with van der Waals surface area (Å²) in [4.78, 5) is 0. The van der Waals surface area contributed by atoms with E-state index in [9.17, 15) is 0 Å². The molecule has 0 amide bonds. The zero-order valence-corrected chi connectivity index (χ0v) is 11.4. The van der Waals surface area contributed by atoms with Crippen LogP contribution in [-0.4, -0.2) is 26.9 Å². The molecule has 0 aliphatic carbocycles. The predicted molar refractivity (Wildman–Crippen MR) is 70.8 cm³/mol. The second-order valence-electron chi connectivity index (χ2n) is 4.03. The van der Waals surface area contributed by atoms with Gasteiger partial charge in [-0.25, -0.2) is 0 Å². The van der Waals surface area contributed by atoms with Crippen molar-refractivity contribution in [3.05, 3.63) is 28.8 Å². The SMILES string of the molecule is COCCC(C)NCc1ccc(OC)c(Cl)c1. The largest absolute Gasteiger partial charge is 0.495 e. The summed E-state index contributed by atoms with van der Waals surface area (Å²) in [6, 6.07) is 6.26. The molecule has 0 aliphatic rings. The first-order valence-electron chi connectivity index (χ1n) is 5.72. The van der Waals surface area contributed by atoms with E-state index < -0.39 is 0 Å². The summed E-state index contributed by atoms with van der Waals surface area (Å²) in [7, 11) is 3.34. The highest BCUT2D eigenvalue weighted by Gasteiger charge is 2.04. The molecule has 1 aromatic carbocycles. The van der Waals surface area contributed by atoms with Crippen molar-refractivity contribution < 1.29 is 9.47 Å². The molecule has 1 unspecified atom stereocenters. The molecule has 0 bridgehead atoms. The topological polar surface area (TPSA) is 30.5 Å². The number of benzene rings is 1. The van der Waals surface area contributed by atoms with E-state index in [1.165, 1.54) is 0 Å². The second-order valence-corrected chi connectivity index (χ2v) is 4.44. The standard InChI is InChI=1S/C13H20ClNO2/c1-10(6-7-16-2)15-9-11-4-5-13(17-3)12(14)8-11/h4-5,8,10,15H,6-7,9H2,1-3H3. The molecule has 96 valence electrons. The average molecular weight is 258 g/mol. The summed E-state index contributed by atoms with van der Waals surface area (Å²) in [6.07, 6.45) is 1.00. The van der Waals surface area contributed by atoms with Crippen LogP contribution in [0.5, 0.6) is 5.75 Å². The molecule has 0 aromatic heterocycles. The molecular formula is C13H20ClNO2. The van der Waals surface area contributed by atoms with Crippen molar-refractivity contribution in [3.8, 4) is 5.75 Å². The molecular weight excluding hydrogens is 238 g/mol. The third kappa shape index (κ3) is 4.94. The normalized spacial score (nSPS) is 12.5. The van der Waals surface area contributed by atoms with Gasteiger partial charge < -0.3 is 14.8 Å². The van der Waals surface area contributed by atoms with Crippen LogP contribution in [0.1, 0.15) is 18.9 Å². The van der Waals surface area contributed by atoms with Gasteiger partial charge in [-0.05, 0) is 31.0 Å². The first-order valence-corrected chi connectivity index (χ1v) is 6.10. The molecule has 0 spiro atoms. The van der Waals surface area contributed by atoms with Crippen LogP contribution < -0.4 is 10.1 Å². The van der Waals surface area contributed by atoms with Crippen LogP contribution in [0.3, 0.4) is 0 Å². The number of halogens is 1. The third-order valence-electron chi connectivity index (χ3n) is 2.63.